The van der Waals surface area contributed by atoms with E-state index in [9.17, 15) is 0 Å². The van der Waals surface area contributed by atoms with E-state index in [1.807, 2.05) is 11.8 Å². The van der Waals surface area contributed by atoms with Gasteiger partial charge < -0.3 is 0 Å². The standard InChI is InChI=1S/C15H20S/c1-2-5-9-14(10-6-3-1)13-16-15-11-7-4-8-12-15/h4,7-9,11-12H,1-3,5-6,10,13H2/b14-9+. The van der Waals surface area contributed by atoms with Crippen molar-refractivity contribution in [3.8, 4) is 0 Å². The first kappa shape index (κ1) is 11.8. The molecule has 0 aliphatic heterocycles. The zero-order chi connectivity index (χ0) is 11.1. The lowest BCUT2D eigenvalue weighted by molar-refractivity contribution is 0.626. The summed E-state index contributed by atoms with van der Waals surface area (Å²) in [5.74, 6) is 1.18. The van der Waals surface area contributed by atoms with Gasteiger partial charge in [0.25, 0.3) is 0 Å². The third kappa shape index (κ3) is 4.05. The van der Waals surface area contributed by atoms with Gasteiger partial charge in [0.15, 0.2) is 0 Å². The molecule has 0 spiro atoms. The highest BCUT2D eigenvalue weighted by Crippen LogP contribution is 2.24. The summed E-state index contributed by atoms with van der Waals surface area (Å²) in [7, 11) is 0. The molecule has 0 bridgehead atoms. The molecule has 1 aliphatic carbocycles. The van der Waals surface area contributed by atoms with Crippen LogP contribution in [0.4, 0.5) is 0 Å². The molecule has 0 saturated heterocycles. The van der Waals surface area contributed by atoms with E-state index in [0.29, 0.717) is 0 Å². The SMILES string of the molecule is C1=C(/CSc2ccccc2)CCCCCC/1. The molecular weight excluding hydrogens is 212 g/mol. The largest absolute Gasteiger partial charge is 0.122 e. The fourth-order valence-corrected chi connectivity index (χ4v) is 3.05. The normalized spacial score (nSPS) is 20.6. The average molecular weight is 232 g/mol. The van der Waals surface area contributed by atoms with E-state index in [0.717, 1.165) is 0 Å². The third-order valence-corrected chi connectivity index (χ3v) is 4.17. The second kappa shape index (κ2) is 6.80. The maximum Gasteiger partial charge on any atom is 0.0190 e. The summed E-state index contributed by atoms with van der Waals surface area (Å²) in [5.41, 5.74) is 1.66. The molecule has 0 saturated carbocycles. The summed E-state index contributed by atoms with van der Waals surface area (Å²) in [6, 6.07) is 10.7. The van der Waals surface area contributed by atoms with Gasteiger partial charge in [-0.25, -0.2) is 0 Å². The van der Waals surface area contributed by atoms with E-state index >= 15 is 0 Å². The summed E-state index contributed by atoms with van der Waals surface area (Å²) in [6.07, 6.45) is 10.7. The Morgan fingerprint density at radius 2 is 1.75 bits per heavy atom. The van der Waals surface area contributed by atoms with Crippen molar-refractivity contribution >= 4 is 11.8 Å². The van der Waals surface area contributed by atoms with Crippen molar-refractivity contribution in [2.24, 2.45) is 0 Å². The van der Waals surface area contributed by atoms with Crippen LogP contribution in [0.5, 0.6) is 0 Å². The Hall–Kier alpha value is -0.690. The second-order valence-corrected chi connectivity index (χ2v) is 5.47. The van der Waals surface area contributed by atoms with Crippen LogP contribution in [0.1, 0.15) is 38.5 Å². The highest BCUT2D eigenvalue weighted by molar-refractivity contribution is 7.99. The molecule has 0 radical (unpaired) electrons. The summed E-state index contributed by atoms with van der Waals surface area (Å²) in [6.45, 7) is 0. The molecule has 16 heavy (non-hydrogen) atoms. The van der Waals surface area contributed by atoms with Crippen molar-refractivity contribution in [2.75, 3.05) is 5.75 Å². The number of thioether (sulfide) groups is 1. The lowest BCUT2D eigenvalue weighted by atomic mass is 10.0. The molecule has 0 atom stereocenters. The predicted octanol–water partition coefficient (Wildman–Crippen LogP) is 5.06. The Morgan fingerprint density at radius 3 is 2.62 bits per heavy atom. The van der Waals surface area contributed by atoms with E-state index in [1.54, 1.807) is 5.57 Å². The second-order valence-electron chi connectivity index (χ2n) is 4.42. The maximum atomic E-state index is 2.48. The Morgan fingerprint density at radius 1 is 0.938 bits per heavy atom. The van der Waals surface area contributed by atoms with Gasteiger partial charge in [-0.2, -0.15) is 0 Å². The van der Waals surface area contributed by atoms with Gasteiger partial charge in [0.1, 0.15) is 0 Å². The number of benzene rings is 1. The zero-order valence-corrected chi connectivity index (χ0v) is 10.6. The van der Waals surface area contributed by atoms with Crippen molar-refractivity contribution < 1.29 is 0 Å². The van der Waals surface area contributed by atoms with E-state index < -0.39 is 0 Å². The first-order valence-corrected chi connectivity index (χ1v) is 7.29. The van der Waals surface area contributed by atoms with Crippen LogP contribution in [-0.4, -0.2) is 5.75 Å². The molecule has 1 aromatic rings. The predicted molar refractivity (Wildman–Crippen MR) is 73.0 cm³/mol. The summed E-state index contributed by atoms with van der Waals surface area (Å²) < 4.78 is 0. The number of allylic oxidation sites excluding steroid dienone is 1. The summed E-state index contributed by atoms with van der Waals surface area (Å²) in [5, 5.41) is 0. The van der Waals surface area contributed by atoms with E-state index in [2.05, 4.69) is 36.4 Å². The molecule has 0 N–H and O–H groups in total. The van der Waals surface area contributed by atoms with Crippen LogP contribution in [0.25, 0.3) is 0 Å². The molecule has 1 heteroatoms. The minimum absolute atomic E-state index is 1.18. The van der Waals surface area contributed by atoms with E-state index in [1.165, 1.54) is 49.2 Å². The molecule has 1 aromatic carbocycles. The third-order valence-electron chi connectivity index (χ3n) is 3.05. The molecule has 0 unspecified atom stereocenters. The highest BCUT2D eigenvalue weighted by Gasteiger charge is 2.02. The average Bonchev–Trinajstić information content (AvgIpc) is 2.29. The van der Waals surface area contributed by atoms with E-state index in [4.69, 9.17) is 0 Å². The van der Waals surface area contributed by atoms with Crippen LogP contribution < -0.4 is 0 Å². The molecule has 0 nitrogen and oxygen atoms in total. The summed E-state index contributed by atoms with van der Waals surface area (Å²) >= 11 is 1.97. The van der Waals surface area contributed by atoms with Crippen molar-refractivity contribution in [1.82, 2.24) is 0 Å². The Balaban J connectivity index is 1.84. The number of hydrogen-bond donors (Lipinski definition) is 0. The molecule has 2 rings (SSSR count). The molecule has 0 aromatic heterocycles. The van der Waals surface area contributed by atoms with Gasteiger partial charge in [-0.15, -0.1) is 11.8 Å². The smallest absolute Gasteiger partial charge is 0.0190 e. The minimum atomic E-state index is 1.18. The van der Waals surface area contributed by atoms with Crippen LogP contribution in [0.15, 0.2) is 46.9 Å². The lowest BCUT2D eigenvalue weighted by Crippen LogP contribution is -1.93. The first-order valence-electron chi connectivity index (χ1n) is 6.31. The van der Waals surface area contributed by atoms with Gasteiger partial charge >= 0.3 is 0 Å². The maximum absolute atomic E-state index is 2.48. The molecule has 0 amide bonds. The molecule has 86 valence electrons. The molecule has 1 aliphatic rings. The van der Waals surface area contributed by atoms with Crippen LogP contribution >= 0.6 is 11.8 Å². The Bertz CT molecular complexity index is 327. The summed E-state index contributed by atoms with van der Waals surface area (Å²) in [4.78, 5) is 1.39. The van der Waals surface area contributed by atoms with Crippen LogP contribution in [0, 0.1) is 0 Å². The van der Waals surface area contributed by atoms with Crippen molar-refractivity contribution in [1.29, 1.82) is 0 Å². The number of hydrogen-bond acceptors (Lipinski definition) is 1. The van der Waals surface area contributed by atoms with Crippen molar-refractivity contribution in [3.63, 3.8) is 0 Å². The number of rotatable bonds is 3. The topological polar surface area (TPSA) is 0 Å². The van der Waals surface area contributed by atoms with Gasteiger partial charge in [0.05, 0.1) is 0 Å². The lowest BCUT2D eigenvalue weighted by Gasteiger charge is -2.11. The Labute approximate surface area is 103 Å². The van der Waals surface area contributed by atoms with Crippen LogP contribution in [0.2, 0.25) is 0 Å². The van der Waals surface area contributed by atoms with Gasteiger partial charge in [0.2, 0.25) is 0 Å². The highest BCUT2D eigenvalue weighted by atomic mass is 32.2. The van der Waals surface area contributed by atoms with Gasteiger partial charge in [-0.05, 0) is 37.8 Å². The molecule has 0 fully saturated rings. The van der Waals surface area contributed by atoms with Crippen LogP contribution in [-0.2, 0) is 0 Å². The quantitative estimate of drug-likeness (QED) is 0.518. The van der Waals surface area contributed by atoms with Gasteiger partial charge in [-0.3, -0.25) is 0 Å². The first-order chi connectivity index (χ1) is 7.95. The molecule has 0 heterocycles. The fraction of sp³-hybridized carbons (Fsp3) is 0.467. The minimum Gasteiger partial charge on any atom is -0.122 e. The van der Waals surface area contributed by atoms with Gasteiger partial charge in [-0.1, -0.05) is 42.7 Å². The van der Waals surface area contributed by atoms with Crippen molar-refractivity contribution in [2.45, 2.75) is 43.4 Å². The van der Waals surface area contributed by atoms with Crippen LogP contribution in [0.3, 0.4) is 0 Å². The van der Waals surface area contributed by atoms with Crippen molar-refractivity contribution in [3.05, 3.63) is 42.0 Å². The molecular formula is C15H20S. The monoisotopic (exact) mass is 232 g/mol. The van der Waals surface area contributed by atoms with Gasteiger partial charge in [0, 0.05) is 10.6 Å². The van der Waals surface area contributed by atoms with E-state index in [-0.39, 0.29) is 0 Å². The zero-order valence-electron chi connectivity index (χ0n) is 9.82. The Kier molecular flexibility index (Phi) is 5.01. The fourth-order valence-electron chi connectivity index (χ4n) is 2.08.